The molecule has 0 saturated heterocycles. The highest BCUT2D eigenvalue weighted by Gasteiger charge is 2.17. The minimum absolute atomic E-state index is 0.0566. The highest BCUT2D eigenvalue weighted by Crippen LogP contribution is 2.31. The minimum Gasteiger partial charge on any atom is -0.483 e. The number of aryl methyl sites for hydroxylation is 2. The number of fused-ring (bicyclic) bond motifs is 1. The fourth-order valence-corrected chi connectivity index (χ4v) is 3.60. The molecule has 2 heterocycles. The van der Waals surface area contributed by atoms with Gasteiger partial charge in [-0.1, -0.05) is 13.0 Å². The molecule has 0 bridgehead atoms. The molecule has 2 aromatic heterocycles. The molecule has 3 rings (SSSR count). The normalized spacial score (nSPS) is 12.4. The lowest BCUT2D eigenvalue weighted by Gasteiger charge is -2.19. The average molecular weight is 357 g/mol. The zero-order chi connectivity index (χ0) is 17.8. The Morgan fingerprint density at radius 3 is 2.96 bits per heavy atom. The summed E-state index contributed by atoms with van der Waals surface area (Å²) in [6.07, 6.45) is 2.34. The van der Waals surface area contributed by atoms with Crippen LogP contribution in [-0.2, 0) is 7.05 Å². The van der Waals surface area contributed by atoms with E-state index < -0.39 is 0 Å². The van der Waals surface area contributed by atoms with E-state index in [1.54, 1.807) is 24.7 Å². The highest BCUT2D eigenvalue weighted by molar-refractivity contribution is 7.10. The van der Waals surface area contributed by atoms with Crippen LogP contribution < -0.4 is 15.6 Å². The Morgan fingerprint density at radius 2 is 2.24 bits per heavy atom. The van der Waals surface area contributed by atoms with E-state index >= 15 is 0 Å². The van der Waals surface area contributed by atoms with E-state index in [4.69, 9.17) is 4.74 Å². The van der Waals surface area contributed by atoms with Crippen molar-refractivity contribution in [2.75, 3.05) is 13.1 Å². The Hall–Kier alpha value is -2.18. The molecule has 0 aliphatic heterocycles. The average Bonchev–Trinajstić information content (AvgIpc) is 3.12. The molecule has 0 aliphatic rings. The Bertz CT molecular complexity index is 903. The summed E-state index contributed by atoms with van der Waals surface area (Å²) in [5.74, 6) is 0.669. The van der Waals surface area contributed by atoms with E-state index in [0.29, 0.717) is 16.7 Å². The number of nitrogens with one attached hydrogen (secondary N) is 1. The predicted molar refractivity (Wildman–Crippen MR) is 103 cm³/mol. The summed E-state index contributed by atoms with van der Waals surface area (Å²) in [7, 11) is 1.71. The van der Waals surface area contributed by atoms with Gasteiger partial charge in [-0.05, 0) is 49.2 Å². The van der Waals surface area contributed by atoms with E-state index in [1.165, 1.54) is 9.44 Å². The van der Waals surface area contributed by atoms with Crippen LogP contribution >= 0.6 is 11.3 Å². The molecule has 5 nitrogen and oxygen atoms in total. The first kappa shape index (κ1) is 17.6. The fourth-order valence-electron chi connectivity index (χ4n) is 2.82. The van der Waals surface area contributed by atoms with Crippen molar-refractivity contribution in [3.63, 3.8) is 0 Å². The van der Waals surface area contributed by atoms with Crippen molar-refractivity contribution in [1.29, 1.82) is 0 Å². The second-order valence-electron chi connectivity index (χ2n) is 6.08. The third-order valence-corrected chi connectivity index (χ3v) is 5.06. The van der Waals surface area contributed by atoms with Gasteiger partial charge in [0, 0.05) is 18.3 Å². The SMILES string of the molecule is CCNCC[C@@H](Oc1cc(C)cc2c(=O)n(C)cnc12)c1cccs1. The van der Waals surface area contributed by atoms with Crippen LogP contribution in [0.25, 0.3) is 10.9 Å². The predicted octanol–water partition coefficient (Wildman–Crippen LogP) is 3.42. The van der Waals surface area contributed by atoms with Gasteiger partial charge in [-0.15, -0.1) is 11.3 Å². The molecule has 0 amide bonds. The Labute approximate surface area is 151 Å². The maximum atomic E-state index is 12.4. The van der Waals surface area contributed by atoms with Gasteiger partial charge in [-0.25, -0.2) is 4.98 Å². The van der Waals surface area contributed by atoms with Crippen molar-refractivity contribution < 1.29 is 4.74 Å². The van der Waals surface area contributed by atoms with Crippen LogP contribution in [0, 0.1) is 6.92 Å². The third-order valence-electron chi connectivity index (χ3n) is 4.09. The van der Waals surface area contributed by atoms with Gasteiger partial charge in [0.2, 0.25) is 0 Å². The Balaban J connectivity index is 1.99. The molecule has 132 valence electrons. The van der Waals surface area contributed by atoms with E-state index in [9.17, 15) is 4.79 Å². The Kier molecular flexibility index (Phi) is 5.50. The molecular weight excluding hydrogens is 334 g/mol. The molecule has 1 N–H and O–H groups in total. The first-order valence-corrected chi connectivity index (χ1v) is 9.35. The fraction of sp³-hybridized carbons (Fsp3) is 0.368. The van der Waals surface area contributed by atoms with Crippen LogP contribution in [0.15, 0.2) is 40.8 Å². The second kappa shape index (κ2) is 7.80. The van der Waals surface area contributed by atoms with Crippen LogP contribution in [0.4, 0.5) is 0 Å². The number of nitrogens with zero attached hydrogens (tertiary/aromatic N) is 2. The molecule has 1 aromatic carbocycles. The van der Waals surface area contributed by atoms with Gasteiger partial charge < -0.3 is 14.6 Å². The zero-order valence-electron chi connectivity index (χ0n) is 14.8. The summed E-state index contributed by atoms with van der Waals surface area (Å²) in [5, 5.41) is 6.00. The standard InChI is InChI=1S/C19H23N3O2S/c1-4-20-8-7-15(17-6-5-9-25-17)24-16-11-13(2)10-14-18(16)21-12-22(3)19(14)23/h5-6,9-12,15,20H,4,7-8H2,1-3H3/t15-/m1/s1. The summed E-state index contributed by atoms with van der Waals surface area (Å²) in [5.41, 5.74) is 1.56. The highest BCUT2D eigenvalue weighted by atomic mass is 32.1. The van der Waals surface area contributed by atoms with Crippen LogP contribution in [0.2, 0.25) is 0 Å². The summed E-state index contributed by atoms with van der Waals surface area (Å²) < 4.78 is 7.85. The lowest BCUT2D eigenvalue weighted by molar-refractivity contribution is 0.200. The molecule has 0 aliphatic carbocycles. The Morgan fingerprint density at radius 1 is 1.40 bits per heavy atom. The first-order chi connectivity index (χ1) is 12.1. The number of rotatable bonds is 7. The van der Waals surface area contributed by atoms with E-state index in [0.717, 1.165) is 25.1 Å². The second-order valence-corrected chi connectivity index (χ2v) is 7.06. The third kappa shape index (κ3) is 3.91. The molecule has 6 heteroatoms. The van der Waals surface area contributed by atoms with Crippen molar-refractivity contribution in [3.05, 3.63) is 56.8 Å². The number of thiophene rings is 1. The maximum Gasteiger partial charge on any atom is 0.261 e. The number of aromatic nitrogens is 2. The quantitative estimate of drug-likeness (QED) is 0.658. The number of ether oxygens (including phenoxy) is 1. The molecule has 0 radical (unpaired) electrons. The monoisotopic (exact) mass is 357 g/mol. The van der Waals surface area contributed by atoms with E-state index in [-0.39, 0.29) is 11.7 Å². The molecule has 0 fully saturated rings. The maximum absolute atomic E-state index is 12.4. The van der Waals surface area contributed by atoms with E-state index in [2.05, 4.69) is 28.7 Å². The topological polar surface area (TPSA) is 56.1 Å². The van der Waals surface area contributed by atoms with Gasteiger partial charge in [0.15, 0.2) is 0 Å². The minimum atomic E-state index is -0.0603. The molecule has 0 unspecified atom stereocenters. The first-order valence-electron chi connectivity index (χ1n) is 8.47. The molecule has 0 saturated carbocycles. The summed E-state index contributed by atoms with van der Waals surface area (Å²) in [4.78, 5) is 18.0. The molecule has 25 heavy (non-hydrogen) atoms. The lowest BCUT2D eigenvalue weighted by Crippen LogP contribution is -2.20. The van der Waals surface area contributed by atoms with Gasteiger partial charge in [0.25, 0.3) is 5.56 Å². The number of hydrogen-bond acceptors (Lipinski definition) is 5. The van der Waals surface area contributed by atoms with Gasteiger partial charge in [-0.3, -0.25) is 4.79 Å². The van der Waals surface area contributed by atoms with Crippen molar-refractivity contribution in [3.8, 4) is 5.75 Å². The van der Waals surface area contributed by atoms with Crippen molar-refractivity contribution in [1.82, 2.24) is 14.9 Å². The molecule has 3 aromatic rings. The number of benzene rings is 1. The molecule has 1 atom stereocenters. The smallest absolute Gasteiger partial charge is 0.261 e. The summed E-state index contributed by atoms with van der Waals surface area (Å²) in [6.45, 7) is 5.87. The van der Waals surface area contributed by atoms with Crippen molar-refractivity contribution >= 4 is 22.2 Å². The lowest BCUT2D eigenvalue weighted by atomic mass is 10.1. The van der Waals surface area contributed by atoms with E-state index in [1.807, 2.05) is 25.1 Å². The van der Waals surface area contributed by atoms with Crippen molar-refractivity contribution in [2.45, 2.75) is 26.4 Å². The number of hydrogen-bond donors (Lipinski definition) is 1. The van der Waals surface area contributed by atoms with Gasteiger partial charge in [-0.2, -0.15) is 0 Å². The molecular formula is C19H23N3O2S. The molecule has 0 spiro atoms. The summed E-state index contributed by atoms with van der Waals surface area (Å²) >= 11 is 1.68. The van der Waals surface area contributed by atoms with Gasteiger partial charge in [0.05, 0.1) is 11.7 Å². The van der Waals surface area contributed by atoms with Crippen LogP contribution in [-0.4, -0.2) is 22.6 Å². The largest absolute Gasteiger partial charge is 0.483 e. The van der Waals surface area contributed by atoms with Crippen LogP contribution in [0.3, 0.4) is 0 Å². The van der Waals surface area contributed by atoms with Gasteiger partial charge >= 0.3 is 0 Å². The van der Waals surface area contributed by atoms with Crippen molar-refractivity contribution in [2.24, 2.45) is 7.05 Å². The zero-order valence-corrected chi connectivity index (χ0v) is 15.6. The van der Waals surface area contributed by atoms with Crippen LogP contribution in [0.1, 0.15) is 29.9 Å². The van der Waals surface area contributed by atoms with Crippen LogP contribution in [0.5, 0.6) is 5.75 Å². The summed E-state index contributed by atoms with van der Waals surface area (Å²) in [6, 6.07) is 7.95. The van der Waals surface area contributed by atoms with Gasteiger partial charge in [0.1, 0.15) is 17.4 Å².